The minimum absolute atomic E-state index is 0.0219. The van der Waals surface area contributed by atoms with Crippen molar-refractivity contribution in [3.8, 4) is 5.75 Å². The summed E-state index contributed by atoms with van der Waals surface area (Å²) in [5.41, 5.74) is 0.688. The van der Waals surface area contributed by atoms with E-state index in [2.05, 4.69) is 6.08 Å². The third-order valence-electron chi connectivity index (χ3n) is 4.73. The molecule has 0 spiro atoms. The first-order valence-electron chi connectivity index (χ1n) is 8.98. The Balaban J connectivity index is 2.31. The third-order valence-corrected chi connectivity index (χ3v) is 5.11. The van der Waals surface area contributed by atoms with Crippen LogP contribution in [-0.4, -0.2) is 6.10 Å². The quantitative estimate of drug-likeness (QED) is 0.483. The molecule has 27 heavy (non-hydrogen) atoms. The minimum Gasteiger partial charge on any atom is -0.485 e. The molecule has 0 saturated carbocycles. The Morgan fingerprint density at radius 3 is 2.63 bits per heavy atom. The molecule has 2 aromatic heterocycles. The average molecular weight is 386 g/mol. The molecule has 4 rings (SSSR count). The fourth-order valence-corrected chi connectivity index (χ4v) is 3.73. The molecule has 6 heteroatoms. The zero-order valence-corrected chi connectivity index (χ0v) is 16.0. The summed E-state index contributed by atoms with van der Waals surface area (Å²) in [6, 6.07) is 1.38. The molecule has 1 unspecified atom stereocenters. The predicted molar refractivity (Wildman–Crippen MR) is 104 cm³/mol. The van der Waals surface area contributed by atoms with Crippen LogP contribution in [0.5, 0.6) is 5.75 Å². The SMILES string of the molecule is CCCc1c(Cl)c(=O)oc2c1c1c(c3oc(C)cc(=O)c32)[C]=CC(CC)O1. The molecule has 1 aliphatic heterocycles. The van der Waals surface area contributed by atoms with Crippen LogP contribution in [0.3, 0.4) is 0 Å². The number of halogens is 1. The molecule has 0 amide bonds. The summed E-state index contributed by atoms with van der Waals surface area (Å²) in [5, 5.41) is 0.785. The Morgan fingerprint density at radius 2 is 1.93 bits per heavy atom. The van der Waals surface area contributed by atoms with Gasteiger partial charge in [-0.25, -0.2) is 4.79 Å². The van der Waals surface area contributed by atoms with Crippen molar-refractivity contribution in [3.63, 3.8) is 0 Å². The number of fused-ring (bicyclic) bond motifs is 6. The molecular weight excluding hydrogens is 368 g/mol. The van der Waals surface area contributed by atoms with Gasteiger partial charge >= 0.3 is 5.63 Å². The zero-order valence-electron chi connectivity index (χ0n) is 15.3. The van der Waals surface area contributed by atoms with Crippen molar-refractivity contribution in [1.29, 1.82) is 0 Å². The molecule has 0 saturated heterocycles. The second kappa shape index (κ2) is 6.57. The largest absolute Gasteiger partial charge is 0.485 e. The van der Waals surface area contributed by atoms with Gasteiger partial charge in [0.2, 0.25) is 0 Å². The molecule has 3 aromatic rings. The second-order valence-corrected chi connectivity index (χ2v) is 7.02. The molecule has 0 bridgehead atoms. The van der Waals surface area contributed by atoms with E-state index >= 15 is 0 Å². The van der Waals surface area contributed by atoms with Crippen molar-refractivity contribution in [2.75, 3.05) is 0 Å². The highest BCUT2D eigenvalue weighted by molar-refractivity contribution is 6.32. The van der Waals surface area contributed by atoms with Crippen molar-refractivity contribution in [2.24, 2.45) is 0 Å². The van der Waals surface area contributed by atoms with E-state index in [0.717, 1.165) is 12.8 Å². The van der Waals surface area contributed by atoms with Crippen LogP contribution in [0, 0.1) is 13.0 Å². The maximum Gasteiger partial charge on any atom is 0.355 e. The number of ether oxygens (including phenoxy) is 1. The first-order valence-corrected chi connectivity index (χ1v) is 9.36. The summed E-state index contributed by atoms with van der Waals surface area (Å²) >= 11 is 6.29. The van der Waals surface area contributed by atoms with Gasteiger partial charge in [0.1, 0.15) is 28.0 Å². The van der Waals surface area contributed by atoms with Gasteiger partial charge in [0, 0.05) is 6.07 Å². The van der Waals surface area contributed by atoms with Gasteiger partial charge in [-0.05, 0) is 37.5 Å². The maximum absolute atomic E-state index is 12.8. The molecule has 1 aromatic carbocycles. The smallest absolute Gasteiger partial charge is 0.355 e. The molecule has 1 radical (unpaired) electrons. The summed E-state index contributed by atoms with van der Waals surface area (Å²) in [7, 11) is 0. The molecule has 3 heterocycles. The number of aryl methyl sites for hydroxylation is 2. The Bertz CT molecular complexity index is 1220. The van der Waals surface area contributed by atoms with Gasteiger partial charge in [0.15, 0.2) is 16.6 Å². The molecule has 139 valence electrons. The molecule has 1 atom stereocenters. The summed E-state index contributed by atoms with van der Waals surface area (Å²) in [6.45, 7) is 5.69. The van der Waals surface area contributed by atoms with Gasteiger partial charge in [0.05, 0.1) is 10.9 Å². The van der Waals surface area contributed by atoms with E-state index in [1.54, 1.807) is 6.92 Å². The lowest BCUT2D eigenvalue weighted by atomic mass is 9.96. The van der Waals surface area contributed by atoms with E-state index in [1.165, 1.54) is 6.07 Å². The highest BCUT2D eigenvalue weighted by Gasteiger charge is 2.28. The molecule has 1 aliphatic rings. The van der Waals surface area contributed by atoms with Gasteiger partial charge < -0.3 is 13.6 Å². The van der Waals surface area contributed by atoms with Crippen molar-refractivity contribution >= 4 is 33.5 Å². The summed E-state index contributed by atoms with van der Waals surface area (Å²) in [6.07, 6.45) is 6.93. The molecule has 0 fully saturated rings. The van der Waals surface area contributed by atoms with Crippen LogP contribution in [-0.2, 0) is 6.42 Å². The van der Waals surface area contributed by atoms with E-state index in [9.17, 15) is 9.59 Å². The van der Waals surface area contributed by atoms with Gasteiger partial charge in [-0.2, -0.15) is 0 Å². The predicted octanol–water partition coefficient (Wildman–Crippen LogP) is 4.69. The zero-order chi connectivity index (χ0) is 19.3. The van der Waals surface area contributed by atoms with Crippen molar-refractivity contribution in [2.45, 2.75) is 46.1 Å². The Kier molecular flexibility index (Phi) is 4.35. The van der Waals surface area contributed by atoms with Crippen LogP contribution in [0.4, 0.5) is 0 Å². The Labute approximate surface area is 160 Å². The fraction of sp³-hybridized carbons (Fsp3) is 0.333. The van der Waals surface area contributed by atoms with Gasteiger partial charge in [-0.1, -0.05) is 31.9 Å². The van der Waals surface area contributed by atoms with Gasteiger partial charge in [-0.15, -0.1) is 0 Å². The molecule has 0 N–H and O–H groups in total. The number of rotatable bonds is 3. The summed E-state index contributed by atoms with van der Waals surface area (Å²) in [4.78, 5) is 25.1. The van der Waals surface area contributed by atoms with Crippen LogP contribution in [0.15, 0.2) is 30.6 Å². The molecule has 5 nitrogen and oxygen atoms in total. The Morgan fingerprint density at radius 1 is 1.15 bits per heavy atom. The second-order valence-electron chi connectivity index (χ2n) is 6.64. The van der Waals surface area contributed by atoms with Crippen LogP contribution in [0.2, 0.25) is 5.02 Å². The summed E-state index contributed by atoms with van der Waals surface area (Å²) in [5.74, 6) is 0.952. The normalized spacial score (nSPS) is 15.9. The lowest BCUT2D eigenvalue weighted by Gasteiger charge is -2.23. The highest BCUT2D eigenvalue weighted by Crippen LogP contribution is 2.42. The average Bonchev–Trinajstić information content (AvgIpc) is 2.64. The van der Waals surface area contributed by atoms with Crippen molar-refractivity contribution in [3.05, 3.63) is 60.8 Å². The van der Waals surface area contributed by atoms with E-state index in [0.29, 0.717) is 40.0 Å². The lowest BCUT2D eigenvalue weighted by molar-refractivity contribution is 0.241. The van der Waals surface area contributed by atoms with Crippen LogP contribution >= 0.6 is 11.6 Å². The first-order chi connectivity index (χ1) is 13.0. The van der Waals surface area contributed by atoms with E-state index in [-0.39, 0.29) is 27.5 Å². The van der Waals surface area contributed by atoms with Gasteiger partial charge in [0.25, 0.3) is 0 Å². The summed E-state index contributed by atoms with van der Waals surface area (Å²) < 4.78 is 17.5. The third kappa shape index (κ3) is 2.69. The fourth-order valence-electron chi connectivity index (χ4n) is 3.50. The standard InChI is InChI=1S/C21H18ClO5/c1-4-6-12-15-18-13(8-7-11(5-2)26-18)19-16(14(23)9-10(3)25-19)20(15)27-21(24)17(12)22/h7,9,11H,4-6H2,1-3H3. The number of hydrogen-bond donors (Lipinski definition) is 0. The van der Waals surface area contributed by atoms with Crippen LogP contribution in [0.1, 0.15) is 43.6 Å². The monoisotopic (exact) mass is 385 g/mol. The molecule has 0 aliphatic carbocycles. The highest BCUT2D eigenvalue weighted by atomic mass is 35.5. The maximum atomic E-state index is 12.8. The molecular formula is C21H18ClO5. The minimum atomic E-state index is -0.670. The van der Waals surface area contributed by atoms with E-state index in [1.807, 2.05) is 19.9 Å². The van der Waals surface area contributed by atoms with Crippen LogP contribution < -0.4 is 15.8 Å². The first kappa shape index (κ1) is 17.9. The van der Waals surface area contributed by atoms with Crippen molar-refractivity contribution in [1.82, 2.24) is 0 Å². The van der Waals surface area contributed by atoms with E-state index < -0.39 is 5.63 Å². The topological polar surface area (TPSA) is 69.7 Å². The van der Waals surface area contributed by atoms with Gasteiger partial charge in [-0.3, -0.25) is 4.79 Å². The number of hydrogen-bond acceptors (Lipinski definition) is 5. The number of benzene rings is 1. The van der Waals surface area contributed by atoms with Crippen LogP contribution in [0.25, 0.3) is 21.9 Å². The van der Waals surface area contributed by atoms with E-state index in [4.69, 9.17) is 25.2 Å². The Hall–Kier alpha value is -2.53. The lowest BCUT2D eigenvalue weighted by Crippen LogP contribution is -2.18. The van der Waals surface area contributed by atoms with Crippen molar-refractivity contribution < 1.29 is 13.6 Å².